The van der Waals surface area contributed by atoms with E-state index in [2.05, 4.69) is 43.5 Å². The van der Waals surface area contributed by atoms with Crippen molar-refractivity contribution in [3.63, 3.8) is 0 Å². The zero-order valence-corrected chi connectivity index (χ0v) is 38.1. The molecule has 0 unspecified atom stereocenters. The summed E-state index contributed by atoms with van der Waals surface area (Å²) in [5.74, 6) is 0.605. The third-order valence-corrected chi connectivity index (χ3v) is 11.8. The third-order valence-electron chi connectivity index (χ3n) is 11.8. The van der Waals surface area contributed by atoms with E-state index in [-0.39, 0.29) is 18.6 Å². The highest BCUT2D eigenvalue weighted by molar-refractivity contribution is 5.78. The number of hydrogen-bond acceptors (Lipinski definition) is 3. The summed E-state index contributed by atoms with van der Waals surface area (Å²) in [5, 5.41) is 12.8. The van der Waals surface area contributed by atoms with Crippen LogP contribution in [-0.2, 0) is 9.59 Å². The Hall–Kier alpha value is -1.42. The van der Waals surface area contributed by atoms with Gasteiger partial charge in [0.25, 0.3) is 0 Å². The standard InChI is InChI=1S/C52H99NO3/c1-3-5-7-9-11-13-15-17-19-22-26-30-34-38-42-46-51(55)47-43-39-35-31-27-23-20-24-28-32-36-40-44-48-52(56)53-50(49-54)45-41-37-33-29-25-21-18-16-14-12-10-8-6-4-2/h11,13,17,19,50,54H,3-10,12,14-16,18,20-49H2,1-2H3,(H,53,56)/b13-11-,19-17-/t50-/m1/s1. The van der Waals surface area contributed by atoms with Gasteiger partial charge in [-0.1, -0.05) is 231 Å². The number of aliphatic hydroxyl groups excluding tert-OH is 1. The SMILES string of the molecule is CCCCC/C=C\C/C=C\CCCCCCCC(=O)CCCCCCCCCCCCCCCC(=O)N[C@@H](CO)CCCCCCCCCCCCCCCC. The molecule has 0 aromatic carbocycles. The molecule has 0 bridgehead atoms. The molecule has 2 N–H and O–H groups in total. The number of nitrogens with one attached hydrogen (secondary N) is 1. The van der Waals surface area contributed by atoms with Crippen molar-refractivity contribution in [3.05, 3.63) is 24.3 Å². The molecule has 0 heterocycles. The molecule has 0 radical (unpaired) electrons. The van der Waals surface area contributed by atoms with Gasteiger partial charge in [0.1, 0.15) is 5.78 Å². The van der Waals surface area contributed by atoms with Crippen LogP contribution >= 0.6 is 0 Å². The Morgan fingerprint density at radius 1 is 0.411 bits per heavy atom. The lowest BCUT2D eigenvalue weighted by molar-refractivity contribution is -0.122. The number of Topliss-reactive ketones (excluding diaryl/α,β-unsaturated/α-hetero) is 1. The average molecular weight is 786 g/mol. The molecule has 0 aliphatic rings. The van der Waals surface area contributed by atoms with E-state index in [0.717, 1.165) is 57.8 Å². The van der Waals surface area contributed by atoms with Gasteiger partial charge >= 0.3 is 0 Å². The first-order valence-corrected chi connectivity index (χ1v) is 25.4. The number of unbranched alkanes of at least 4 members (excludes halogenated alkanes) is 33. The van der Waals surface area contributed by atoms with Crippen molar-refractivity contribution in [2.45, 2.75) is 290 Å². The summed E-state index contributed by atoms with van der Waals surface area (Å²) >= 11 is 0. The second kappa shape index (κ2) is 48.0. The Labute approximate surface area is 351 Å². The van der Waals surface area contributed by atoms with Crippen LogP contribution < -0.4 is 5.32 Å². The lowest BCUT2D eigenvalue weighted by Crippen LogP contribution is -2.37. The minimum Gasteiger partial charge on any atom is -0.394 e. The Morgan fingerprint density at radius 3 is 1.14 bits per heavy atom. The molecule has 0 aromatic rings. The van der Waals surface area contributed by atoms with E-state index in [4.69, 9.17) is 0 Å². The molecule has 0 saturated heterocycles. The summed E-state index contributed by atoms with van der Waals surface area (Å²) in [4.78, 5) is 24.6. The topological polar surface area (TPSA) is 66.4 Å². The summed E-state index contributed by atoms with van der Waals surface area (Å²) < 4.78 is 0. The molecular formula is C52H99NO3. The summed E-state index contributed by atoms with van der Waals surface area (Å²) in [6.07, 6.45) is 61.1. The number of hydrogen-bond donors (Lipinski definition) is 2. The summed E-state index contributed by atoms with van der Waals surface area (Å²) in [6, 6.07) is -0.0696. The van der Waals surface area contributed by atoms with E-state index in [0.29, 0.717) is 12.2 Å². The number of allylic oxidation sites excluding steroid dienone is 4. The molecule has 0 aromatic heterocycles. The predicted molar refractivity (Wildman–Crippen MR) is 248 cm³/mol. The van der Waals surface area contributed by atoms with Crippen LogP contribution in [0.3, 0.4) is 0 Å². The molecule has 330 valence electrons. The number of carbonyl (C=O) groups excluding carboxylic acids is 2. The van der Waals surface area contributed by atoms with E-state index in [1.165, 1.54) is 205 Å². The minimum absolute atomic E-state index is 0.0581. The first kappa shape index (κ1) is 54.6. The van der Waals surface area contributed by atoms with E-state index in [9.17, 15) is 14.7 Å². The third kappa shape index (κ3) is 45.3. The summed E-state index contributed by atoms with van der Waals surface area (Å²) in [6.45, 7) is 4.60. The second-order valence-corrected chi connectivity index (χ2v) is 17.4. The highest BCUT2D eigenvalue weighted by Crippen LogP contribution is 2.16. The average Bonchev–Trinajstić information content (AvgIpc) is 3.20. The number of rotatable bonds is 47. The Morgan fingerprint density at radius 2 is 0.732 bits per heavy atom. The van der Waals surface area contributed by atoms with Gasteiger partial charge < -0.3 is 10.4 Å². The van der Waals surface area contributed by atoms with Gasteiger partial charge in [-0.15, -0.1) is 0 Å². The molecule has 0 saturated carbocycles. The first-order valence-electron chi connectivity index (χ1n) is 25.4. The maximum absolute atomic E-state index is 12.4. The van der Waals surface area contributed by atoms with Crippen LogP contribution in [0.2, 0.25) is 0 Å². The molecule has 56 heavy (non-hydrogen) atoms. The summed E-state index contributed by atoms with van der Waals surface area (Å²) in [5.41, 5.74) is 0. The molecule has 1 atom stereocenters. The first-order chi connectivity index (χ1) is 27.6. The minimum atomic E-state index is -0.0696. The molecular weight excluding hydrogens is 687 g/mol. The smallest absolute Gasteiger partial charge is 0.220 e. The predicted octanol–water partition coefficient (Wildman–Crippen LogP) is 16.6. The van der Waals surface area contributed by atoms with Crippen LogP contribution in [0, 0.1) is 0 Å². The molecule has 0 aliphatic carbocycles. The van der Waals surface area contributed by atoms with Crippen LogP contribution in [0.4, 0.5) is 0 Å². The van der Waals surface area contributed by atoms with Crippen LogP contribution in [-0.4, -0.2) is 29.4 Å². The van der Waals surface area contributed by atoms with Crippen LogP contribution in [0.5, 0.6) is 0 Å². The maximum atomic E-state index is 12.4. The van der Waals surface area contributed by atoms with Gasteiger partial charge in [-0.3, -0.25) is 9.59 Å². The van der Waals surface area contributed by atoms with Crippen LogP contribution in [0.1, 0.15) is 284 Å². The van der Waals surface area contributed by atoms with Gasteiger partial charge in [-0.2, -0.15) is 0 Å². The van der Waals surface area contributed by atoms with Crippen molar-refractivity contribution < 1.29 is 14.7 Å². The van der Waals surface area contributed by atoms with Crippen molar-refractivity contribution >= 4 is 11.7 Å². The molecule has 0 rings (SSSR count). The molecule has 0 fully saturated rings. The van der Waals surface area contributed by atoms with E-state index in [1.807, 2.05) is 0 Å². The Kier molecular flexibility index (Phi) is 46.7. The van der Waals surface area contributed by atoms with Crippen molar-refractivity contribution in [1.82, 2.24) is 5.32 Å². The normalized spacial score (nSPS) is 12.3. The lowest BCUT2D eigenvalue weighted by Gasteiger charge is -2.16. The van der Waals surface area contributed by atoms with E-state index >= 15 is 0 Å². The number of aliphatic hydroxyl groups is 1. The van der Waals surface area contributed by atoms with Crippen LogP contribution in [0.15, 0.2) is 24.3 Å². The molecule has 0 spiro atoms. The van der Waals surface area contributed by atoms with Gasteiger partial charge in [0.05, 0.1) is 12.6 Å². The van der Waals surface area contributed by atoms with Crippen molar-refractivity contribution in [2.75, 3.05) is 6.61 Å². The van der Waals surface area contributed by atoms with E-state index < -0.39 is 0 Å². The molecule has 0 aliphatic heterocycles. The van der Waals surface area contributed by atoms with Crippen LogP contribution in [0.25, 0.3) is 0 Å². The lowest BCUT2D eigenvalue weighted by atomic mass is 10.0. The fourth-order valence-electron chi connectivity index (χ4n) is 7.91. The zero-order chi connectivity index (χ0) is 40.7. The zero-order valence-electron chi connectivity index (χ0n) is 38.1. The molecule has 1 amide bonds. The van der Waals surface area contributed by atoms with Gasteiger partial charge in [-0.05, 0) is 57.8 Å². The number of carbonyl (C=O) groups is 2. The Bertz CT molecular complexity index is 851. The van der Waals surface area contributed by atoms with Gasteiger partial charge in [-0.25, -0.2) is 0 Å². The molecule has 4 heteroatoms. The number of amides is 1. The van der Waals surface area contributed by atoms with Gasteiger partial charge in [0.15, 0.2) is 0 Å². The Balaban J connectivity index is 3.39. The van der Waals surface area contributed by atoms with Crippen molar-refractivity contribution in [3.8, 4) is 0 Å². The fraction of sp³-hybridized carbons (Fsp3) is 0.885. The quantitative estimate of drug-likeness (QED) is 0.0477. The van der Waals surface area contributed by atoms with Crippen molar-refractivity contribution in [2.24, 2.45) is 0 Å². The second-order valence-electron chi connectivity index (χ2n) is 17.4. The number of ketones is 1. The monoisotopic (exact) mass is 786 g/mol. The maximum Gasteiger partial charge on any atom is 0.220 e. The van der Waals surface area contributed by atoms with E-state index in [1.54, 1.807) is 0 Å². The highest BCUT2D eigenvalue weighted by Gasteiger charge is 2.11. The fourth-order valence-corrected chi connectivity index (χ4v) is 7.91. The van der Waals surface area contributed by atoms with Gasteiger partial charge in [0.2, 0.25) is 5.91 Å². The molecule has 4 nitrogen and oxygen atoms in total. The largest absolute Gasteiger partial charge is 0.394 e. The van der Waals surface area contributed by atoms with Gasteiger partial charge in [0, 0.05) is 19.3 Å². The van der Waals surface area contributed by atoms with Crippen molar-refractivity contribution in [1.29, 1.82) is 0 Å². The highest BCUT2D eigenvalue weighted by atomic mass is 16.3. The summed E-state index contributed by atoms with van der Waals surface area (Å²) in [7, 11) is 0.